The molecule has 0 unspecified atom stereocenters. The van der Waals surface area contributed by atoms with Crippen LogP contribution in [0.1, 0.15) is 20.8 Å². The molecule has 0 bridgehead atoms. The maximum absolute atomic E-state index is 12.2. The first-order chi connectivity index (χ1) is 10.1. The number of ether oxygens (including phenoxy) is 2. The van der Waals surface area contributed by atoms with Gasteiger partial charge in [0, 0.05) is 12.1 Å². The van der Waals surface area contributed by atoms with Gasteiger partial charge in [-0.1, -0.05) is 6.07 Å². The third-order valence-corrected chi connectivity index (χ3v) is 2.48. The van der Waals surface area contributed by atoms with Crippen molar-refractivity contribution in [1.29, 1.82) is 0 Å². The fourth-order valence-corrected chi connectivity index (χ4v) is 1.55. The lowest BCUT2D eigenvalue weighted by Crippen LogP contribution is -2.40. The van der Waals surface area contributed by atoms with Crippen LogP contribution in [0.5, 0.6) is 0 Å². The number of esters is 1. The SMILES string of the molecule is COC(=O)CN(C(=O)OC(C)(C)C)c1cccc([N+](=O)[O-])c1. The summed E-state index contributed by atoms with van der Waals surface area (Å²) in [5.41, 5.74) is -0.795. The van der Waals surface area contributed by atoms with Gasteiger partial charge in [-0.15, -0.1) is 0 Å². The zero-order valence-corrected chi connectivity index (χ0v) is 12.9. The molecule has 1 aromatic carbocycles. The van der Waals surface area contributed by atoms with Crippen molar-refractivity contribution in [3.63, 3.8) is 0 Å². The summed E-state index contributed by atoms with van der Waals surface area (Å²) in [4.78, 5) is 34.9. The van der Waals surface area contributed by atoms with Crippen molar-refractivity contribution in [2.75, 3.05) is 18.6 Å². The average Bonchev–Trinajstić information content (AvgIpc) is 2.42. The number of hydrogen-bond acceptors (Lipinski definition) is 6. The molecule has 1 rings (SSSR count). The van der Waals surface area contributed by atoms with Crippen molar-refractivity contribution < 1.29 is 24.0 Å². The van der Waals surface area contributed by atoms with Gasteiger partial charge in [0.15, 0.2) is 0 Å². The molecule has 0 saturated heterocycles. The van der Waals surface area contributed by atoms with Crippen LogP contribution in [-0.2, 0) is 14.3 Å². The minimum Gasteiger partial charge on any atom is -0.468 e. The molecule has 1 amide bonds. The van der Waals surface area contributed by atoms with Gasteiger partial charge in [-0.3, -0.25) is 19.8 Å². The maximum atomic E-state index is 12.2. The smallest absolute Gasteiger partial charge is 0.415 e. The van der Waals surface area contributed by atoms with E-state index in [1.54, 1.807) is 20.8 Å². The van der Waals surface area contributed by atoms with E-state index in [1.165, 1.54) is 31.4 Å². The van der Waals surface area contributed by atoms with Crippen molar-refractivity contribution in [1.82, 2.24) is 0 Å². The Labute approximate surface area is 127 Å². The second-order valence-electron chi connectivity index (χ2n) is 5.42. The van der Waals surface area contributed by atoms with Gasteiger partial charge in [-0.25, -0.2) is 4.79 Å². The summed E-state index contributed by atoms with van der Waals surface area (Å²) in [5, 5.41) is 10.8. The van der Waals surface area contributed by atoms with Gasteiger partial charge >= 0.3 is 12.1 Å². The van der Waals surface area contributed by atoms with Gasteiger partial charge < -0.3 is 9.47 Å². The third-order valence-electron chi connectivity index (χ3n) is 2.48. The number of carbonyl (C=O) groups excluding carboxylic acids is 2. The summed E-state index contributed by atoms with van der Waals surface area (Å²) >= 11 is 0. The number of amides is 1. The van der Waals surface area contributed by atoms with Crippen LogP contribution in [0.15, 0.2) is 24.3 Å². The topological polar surface area (TPSA) is 99.0 Å². The summed E-state index contributed by atoms with van der Waals surface area (Å²) in [6.45, 7) is 4.62. The lowest BCUT2D eigenvalue weighted by molar-refractivity contribution is -0.384. The molecule has 120 valence electrons. The minimum atomic E-state index is -0.793. The number of benzene rings is 1. The van der Waals surface area contributed by atoms with Crippen LogP contribution in [0, 0.1) is 10.1 Å². The first kappa shape index (κ1) is 17.4. The quantitative estimate of drug-likeness (QED) is 0.481. The Morgan fingerprint density at radius 2 is 1.95 bits per heavy atom. The molecule has 8 nitrogen and oxygen atoms in total. The lowest BCUT2D eigenvalue weighted by atomic mass is 10.2. The van der Waals surface area contributed by atoms with E-state index in [2.05, 4.69) is 4.74 Å². The Kier molecular flexibility index (Phi) is 5.44. The van der Waals surface area contributed by atoms with E-state index in [0.29, 0.717) is 0 Å². The van der Waals surface area contributed by atoms with E-state index < -0.39 is 29.1 Å². The molecule has 0 saturated carbocycles. The number of anilines is 1. The van der Waals surface area contributed by atoms with Gasteiger partial charge in [0.05, 0.1) is 17.7 Å². The van der Waals surface area contributed by atoms with E-state index >= 15 is 0 Å². The van der Waals surface area contributed by atoms with Crippen molar-refractivity contribution in [2.24, 2.45) is 0 Å². The Balaban J connectivity index is 3.14. The Bertz CT molecular complexity index is 579. The van der Waals surface area contributed by atoms with E-state index in [0.717, 1.165) is 4.90 Å². The number of rotatable bonds is 4. The Morgan fingerprint density at radius 3 is 2.45 bits per heavy atom. The van der Waals surface area contributed by atoms with Crippen LogP contribution in [0.2, 0.25) is 0 Å². The van der Waals surface area contributed by atoms with E-state index in [4.69, 9.17) is 4.74 Å². The minimum absolute atomic E-state index is 0.175. The third kappa shape index (κ3) is 5.04. The van der Waals surface area contributed by atoms with Crippen molar-refractivity contribution in [2.45, 2.75) is 26.4 Å². The first-order valence-electron chi connectivity index (χ1n) is 6.46. The second kappa shape index (κ2) is 6.88. The monoisotopic (exact) mass is 310 g/mol. The molecular weight excluding hydrogens is 292 g/mol. The van der Waals surface area contributed by atoms with Crippen molar-refractivity contribution in [3.8, 4) is 0 Å². The van der Waals surface area contributed by atoms with Gasteiger partial charge in [-0.05, 0) is 26.8 Å². The van der Waals surface area contributed by atoms with E-state index in [1.807, 2.05) is 0 Å². The molecule has 0 radical (unpaired) electrons. The van der Waals surface area contributed by atoms with Crippen LogP contribution in [0.4, 0.5) is 16.2 Å². The molecule has 0 aliphatic rings. The van der Waals surface area contributed by atoms with Crippen molar-refractivity contribution >= 4 is 23.4 Å². The van der Waals surface area contributed by atoms with Crippen LogP contribution in [-0.4, -0.2) is 36.2 Å². The number of nitro groups is 1. The zero-order valence-electron chi connectivity index (χ0n) is 12.9. The first-order valence-corrected chi connectivity index (χ1v) is 6.46. The van der Waals surface area contributed by atoms with Crippen molar-refractivity contribution in [3.05, 3.63) is 34.4 Å². The zero-order chi connectivity index (χ0) is 16.9. The highest BCUT2D eigenvalue weighted by molar-refractivity contribution is 5.93. The lowest BCUT2D eigenvalue weighted by Gasteiger charge is -2.26. The molecule has 0 aromatic heterocycles. The number of hydrogen-bond donors (Lipinski definition) is 0. The van der Waals surface area contributed by atoms with E-state index in [-0.39, 0.29) is 11.4 Å². The maximum Gasteiger partial charge on any atom is 0.415 e. The Morgan fingerprint density at radius 1 is 1.32 bits per heavy atom. The van der Waals surface area contributed by atoms with Gasteiger partial charge in [0.25, 0.3) is 5.69 Å². The molecule has 22 heavy (non-hydrogen) atoms. The fraction of sp³-hybridized carbons (Fsp3) is 0.429. The predicted octanol–water partition coefficient (Wildman–Crippen LogP) is 2.51. The van der Waals surface area contributed by atoms with Crippen LogP contribution < -0.4 is 4.90 Å². The number of methoxy groups -OCH3 is 1. The normalized spacial score (nSPS) is 10.7. The van der Waals surface area contributed by atoms with Crippen LogP contribution in [0.3, 0.4) is 0 Å². The molecular formula is C14H18N2O6. The molecule has 0 fully saturated rings. The summed E-state index contributed by atoms with van der Waals surface area (Å²) in [6, 6.07) is 5.36. The Hall–Kier alpha value is -2.64. The molecule has 0 heterocycles. The van der Waals surface area contributed by atoms with Crippen LogP contribution in [0.25, 0.3) is 0 Å². The highest BCUT2D eigenvalue weighted by Gasteiger charge is 2.26. The molecule has 0 aliphatic heterocycles. The fourth-order valence-electron chi connectivity index (χ4n) is 1.55. The largest absolute Gasteiger partial charge is 0.468 e. The predicted molar refractivity (Wildman–Crippen MR) is 78.7 cm³/mol. The average molecular weight is 310 g/mol. The van der Waals surface area contributed by atoms with E-state index in [9.17, 15) is 19.7 Å². The summed E-state index contributed by atoms with van der Waals surface area (Å²) in [7, 11) is 1.18. The highest BCUT2D eigenvalue weighted by Crippen LogP contribution is 2.23. The van der Waals surface area contributed by atoms with Gasteiger partial charge in [-0.2, -0.15) is 0 Å². The molecule has 0 atom stereocenters. The highest BCUT2D eigenvalue weighted by atomic mass is 16.6. The number of nitrogens with zero attached hydrogens (tertiary/aromatic N) is 2. The van der Waals surface area contributed by atoms with Gasteiger partial charge in [0.2, 0.25) is 0 Å². The molecule has 0 aliphatic carbocycles. The molecule has 0 N–H and O–H groups in total. The summed E-state index contributed by atoms with van der Waals surface area (Å²) in [5.74, 6) is -0.669. The van der Waals surface area contributed by atoms with Crippen LogP contribution >= 0.6 is 0 Å². The molecule has 8 heteroatoms. The molecule has 1 aromatic rings. The summed E-state index contributed by atoms with van der Waals surface area (Å²) in [6.07, 6.45) is -0.793. The van der Waals surface area contributed by atoms with Gasteiger partial charge in [0.1, 0.15) is 12.1 Å². The molecule has 0 spiro atoms. The second-order valence-corrected chi connectivity index (χ2v) is 5.42. The standard InChI is InChI=1S/C14H18N2O6/c1-14(2,3)22-13(18)15(9-12(17)21-4)10-6-5-7-11(8-10)16(19)20/h5-8H,9H2,1-4H3. The number of nitro benzene ring substituents is 1. The number of non-ortho nitro benzene ring substituents is 1. The number of carbonyl (C=O) groups is 2. The summed E-state index contributed by atoms with van der Waals surface area (Å²) < 4.78 is 9.75.